The Labute approximate surface area is 187 Å². The summed E-state index contributed by atoms with van der Waals surface area (Å²) >= 11 is 5.87. The van der Waals surface area contributed by atoms with Crippen molar-refractivity contribution in [3.63, 3.8) is 0 Å². The molecule has 154 valence electrons. The minimum atomic E-state index is -0.744. The van der Waals surface area contributed by atoms with E-state index >= 15 is 0 Å². The van der Waals surface area contributed by atoms with Gasteiger partial charge in [0, 0.05) is 11.6 Å². The average molecular weight is 522 g/mol. The molecule has 2 unspecified atom stereocenters. The zero-order valence-electron chi connectivity index (χ0n) is 16.1. The maximum Gasteiger partial charge on any atom is 0.191 e. The summed E-state index contributed by atoms with van der Waals surface area (Å²) in [6.07, 6.45) is -0.744. The van der Waals surface area contributed by atoms with Gasteiger partial charge < -0.3 is 20.5 Å². The zero-order chi connectivity index (χ0) is 19.8. The lowest BCUT2D eigenvalue weighted by atomic mass is 10.1. The Morgan fingerprint density at radius 2 is 1.86 bits per heavy atom. The lowest BCUT2D eigenvalue weighted by Gasteiger charge is -2.19. The first-order valence-corrected chi connectivity index (χ1v) is 9.14. The fourth-order valence-corrected chi connectivity index (χ4v) is 2.65. The third-order valence-corrected chi connectivity index (χ3v) is 4.30. The molecule has 2 atom stereocenters. The topological polar surface area (TPSA) is 65.9 Å². The minimum Gasteiger partial charge on any atom is -0.494 e. The first kappa shape index (κ1) is 24.5. The molecule has 2 aromatic carbocycles. The molecule has 0 bridgehead atoms. The molecule has 5 nitrogen and oxygen atoms in total. The molecular weight excluding hydrogens is 496 g/mol. The number of benzene rings is 2. The van der Waals surface area contributed by atoms with Crippen molar-refractivity contribution in [2.24, 2.45) is 4.99 Å². The summed E-state index contributed by atoms with van der Waals surface area (Å²) in [5.41, 5.74) is 1.50. The van der Waals surface area contributed by atoms with E-state index in [1.807, 2.05) is 13.8 Å². The number of aliphatic hydroxyl groups excluding tert-OH is 1. The summed E-state index contributed by atoms with van der Waals surface area (Å²) in [7, 11) is 1.43. The Morgan fingerprint density at radius 1 is 1.21 bits per heavy atom. The molecule has 0 radical (unpaired) electrons. The van der Waals surface area contributed by atoms with E-state index in [1.165, 1.54) is 13.2 Å². The van der Waals surface area contributed by atoms with Gasteiger partial charge in [0.15, 0.2) is 17.5 Å². The van der Waals surface area contributed by atoms with Crippen molar-refractivity contribution in [2.45, 2.75) is 26.0 Å². The van der Waals surface area contributed by atoms with E-state index in [1.54, 1.807) is 36.4 Å². The standard InChI is InChI=1S/C20H25ClFN3O2.HI/c1-4-23-20(24-12-18(26)14-5-8-16(21)9-6-14)25-13(2)15-7-10-19(27-3)17(22)11-15;/h5-11,13,18,26H,4,12H2,1-3H3,(H2,23,24,25);1H. The van der Waals surface area contributed by atoms with E-state index < -0.39 is 11.9 Å². The number of hydrogen-bond acceptors (Lipinski definition) is 3. The molecule has 28 heavy (non-hydrogen) atoms. The smallest absolute Gasteiger partial charge is 0.191 e. The lowest BCUT2D eigenvalue weighted by molar-refractivity contribution is 0.187. The monoisotopic (exact) mass is 521 g/mol. The van der Waals surface area contributed by atoms with Crippen molar-refractivity contribution in [1.29, 1.82) is 0 Å². The highest BCUT2D eigenvalue weighted by Gasteiger charge is 2.12. The Bertz CT molecular complexity index is 775. The minimum absolute atomic E-state index is 0. The number of halogens is 3. The third-order valence-electron chi connectivity index (χ3n) is 4.05. The van der Waals surface area contributed by atoms with E-state index in [4.69, 9.17) is 16.3 Å². The van der Waals surface area contributed by atoms with Crippen LogP contribution in [0.4, 0.5) is 4.39 Å². The second-order valence-corrected chi connectivity index (χ2v) is 6.48. The van der Waals surface area contributed by atoms with E-state index in [2.05, 4.69) is 15.6 Å². The number of ether oxygens (including phenoxy) is 1. The average Bonchev–Trinajstić information content (AvgIpc) is 2.66. The second kappa shape index (κ2) is 12.1. The van der Waals surface area contributed by atoms with Crippen LogP contribution in [0.5, 0.6) is 5.75 Å². The van der Waals surface area contributed by atoms with E-state index in [-0.39, 0.29) is 42.3 Å². The van der Waals surface area contributed by atoms with Gasteiger partial charge >= 0.3 is 0 Å². The molecule has 2 aromatic rings. The van der Waals surface area contributed by atoms with Crippen LogP contribution < -0.4 is 15.4 Å². The molecule has 0 aliphatic rings. The first-order chi connectivity index (χ1) is 12.9. The summed E-state index contributed by atoms with van der Waals surface area (Å²) in [4.78, 5) is 4.43. The van der Waals surface area contributed by atoms with E-state index in [9.17, 15) is 9.50 Å². The summed E-state index contributed by atoms with van der Waals surface area (Å²) in [5.74, 6) is 0.329. The first-order valence-electron chi connectivity index (χ1n) is 8.76. The Kier molecular flexibility index (Phi) is 10.6. The van der Waals surface area contributed by atoms with Crippen LogP contribution in [0, 0.1) is 5.82 Å². The zero-order valence-corrected chi connectivity index (χ0v) is 19.2. The van der Waals surface area contributed by atoms with Gasteiger partial charge in [-0.3, -0.25) is 4.99 Å². The summed E-state index contributed by atoms with van der Waals surface area (Å²) in [6, 6.07) is 11.6. The van der Waals surface area contributed by atoms with E-state index in [0.717, 1.165) is 11.1 Å². The van der Waals surface area contributed by atoms with Crippen molar-refractivity contribution in [2.75, 3.05) is 20.2 Å². The van der Waals surface area contributed by atoms with Gasteiger partial charge in [-0.2, -0.15) is 0 Å². The van der Waals surface area contributed by atoms with Crippen LogP contribution in [0.2, 0.25) is 5.02 Å². The van der Waals surface area contributed by atoms with Crippen LogP contribution in [0.3, 0.4) is 0 Å². The quantitative estimate of drug-likeness (QED) is 0.286. The predicted octanol–water partition coefficient (Wildman–Crippen LogP) is 4.46. The molecule has 0 saturated heterocycles. The Hall–Kier alpha value is -1.58. The highest BCUT2D eigenvalue weighted by molar-refractivity contribution is 14.0. The van der Waals surface area contributed by atoms with Crippen molar-refractivity contribution in [3.8, 4) is 5.75 Å². The normalized spacial score (nSPS) is 13.3. The predicted molar refractivity (Wildman–Crippen MR) is 122 cm³/mol. The second-order valence-electron chi connectivity index (χ2n) is 6.05. The van der Waals surface area contributed by atoms with Crippen molar-refractivity contribution in [3.05, 3.63) is 64.4 Å². The van der Waals surface area contributed by atoms with Gasteiger partial charge in [-0.25, -0.2) is 4.39 Å². The van der Waals surface area contributed by atoms with Gasteiger partial charge in [0.25, 0.3) is 0 Å². The number of nitrogens with one attached hydrogen (secondary N) is 2. The van der Waals surface area contributed by atoms with Crippen molar-refractivity contribution >= 4 is 41.5 Å². The molecule has 8 heteroatoms. The molecule has 2 rings (SSSR count). The number of nitrogens with zero attached hydrogens (tertiary/aromatic N) is 1. The fraction of sp³-hybridized carbons (Fsp3) is 0.350. The molecule has 0 aliphatic heterocycles. The van der Waals surface area contributed by atoms with Crippen LogP contribution in [0.1, 0.15) is 37.1 Å². The largest absolute Gasteiger partial charge is 0.494 e. The molecule has 0 heterocycles. The molecule has 0 amide bonds. The molecule has 0 fully saturated rings. The Morgan fingerprint density at radius 3 is 2.43 bits per heavy atom. The third kappa shape index (κ3) is 7.10. The molecule has 0 spiro atoms. The van der Waals surface area contributed by atoms with Crippen LogP contribution in [0.15, 0.2) is 47.5 Å². The summed E-state index contributed by atoms with van der Waals surface area (Å²) < 4.78 is 18.9. The number of aliphatic hydroxyl groups is 1. The van der Waals surface area contributed by atoms with Crippen LogP contribution >= 0.6 is 35.6 Å². The van der Waals surface area contributed by atoms with Gasteiger partial charge in [0.2, 0.25) is 0 Å². The van der Waals surface area contributed by atoms with E-state index in [0.29, 0.717) is 17.5 Å². The number of methoxy groups -OCH3 is 1. The van der Waals surface area contributed by atoms with Gasteiger partial charge in [-0.1, -0.05) is 29.8 Å². The molecule has 0 aliphatic carbocycles. The van der Waals surface area contributed by atoms with Crippen LogP contribution in [0.25, 0.3) is 0 Å². The number of guanidine groups is 1. The molecule has 0 aromatic heterocycles. The maximum absolute atomic E-state index is 13.9. The van der Waals surface area contributed by atoms with Crippen molar-refractivity contribution < 1.29 is 14.2 Å². The van der Waals surface area contributed by atoms with Gasteiger partial charge in [-0.05, 0) is 49.2 Å². The summed E-state index contributed by atoms with van der Waals surface area (Å²) in [5, 5.41) is 17.3. The number of rotatable bonds is 7. The van der Waals surface area contributed by atoms with Crippen LogP contribution in [-0.4, -0.2) is 31.3 Å². The SMILES string of the molecule is CCNC(=NCC(O)c1ccc(Cl)cc1)NC(C)c1ccc(OC)c(F)c1.I. The molecule has 3 N–H and O–H groups in total. The molecule has 0 saturated carbocycles. The number of hydrogen-bond donors (Lipinski definition) is 3. The fourth-order valence-electron chi connectivity index (χ4n) is 2.53. The van der Waals surface area contributed by atoms with Crippen molar-refractivity contribution in [1.82, 2.24) is 10.6 Å². The highest BCUT2D eigenvalue weighted by atomic mass is 127. The van der Waals surface area contributed by atoms with Gasteiger partial charge in [0.05, 0.1) is 25.8 Å². The lowest BCUT2D eigenvalue weighted by Crippen LogP contribution is -2.39. The van der Waals surface area contributed by atoms with Gasteiger partial charge in [-0.15, -0.1) is 24.0 Å². The van der Waals surface area contributed by atoms with Gasteiger partial charge in [0.1, 0.15) is 0 Å². The van der Waals surface area contributed by atoms with Crippen LogP contribution in [-0.2, 0) is 0 Å². The summed E-state index contributed by atoms with van der Waals surface area (Å²) in [6.45, 7) is 4.70. The highest BCUT2D eigenvalue weighted by Crippen LogP contribution is 2.22. The molecular formula is C20H26ClFIN3O2. The number of aliphatic imine (C=N–C) groups is 1. The Balaban J connectivity index is 0.00000392. The maximum atomic E-state index is 13.9.